The summed E-state index contributed by atoms with van der Waals surface area (Å²) in [4.78, 5) is 11.8. The van der Waals surface area contributed by atoms with Crippen molar-refractivity contribution in [2.45, 2.75) is 44.4 Å². The van der Waals surface area contributed by atoms with Crippen molar-refractivity contribution in [3.63, 3.8) is 0 Å². The van der Waals surface area contributed by atoms with Crippen molar-refractivity contribution >= 4 is 15.6 Å². The summed E-state index contributed by atoms with van der Waals surface area (Å²) in [5, 5.41) is 18.8. The first kappa shape index (κ1) is 27.2. The third-order valence-electron chi connectivity index (χ3n) is 5.12. The Labute approximate surface area is 210 Å². The topological polar surface area (TPSA) is 144 Å². The van der Waals surface area contributed by atoms with E-state index in [-0.39, 0.29) is 30.2 Å². The fourth-order valence-corrected chi connectivity index (χ4v) is 3.74. The Hall–Kier alpha value is -3.41. The summed E-state index contributed by atoms with van der Waals surface area (Å²) in [5.74, 6) is 1.49. The van der Waals surface area contributed by atoms with Crippen molar-refractivity contribution in [3.05, 3.63) is 54.4 Å². The molecule has 36 heavy (non-hydrogen) atoms. The van der Waals surface area contributed by atoms with Gasteiger partial charge in [0.05, 0.1) is 36.5 Å². The lowest BCUT2D eigenvalue weighted by Gasteiger charge is -2.17. The number of rotatable bonds is 12. The lowest BCUT2D eigenvalue weighted by molar-refractivity contribution is 0.0890. The number of hydrogen-bond acceptors (Lipinski definition) is 9. The van der Waals surface area contributed by atoms with Gasteiger partial charge in [0.25, 0.3) is 0 Å². The Morgan fingerprint density at radius 1 is 1.14 bits per heavy atom. The molecule has 11 heteroatoms. The number of allylic oxidation sites excluding steroid dienone is 1. The molecule has 1 unspecified atom stereocenters. The molecule has 0 radical (unpaired) electrons. The number of aromatic amines is 1. The fraction of sp³-hybridized carbons (Fsp3) is 0.360. The van der Waals surface area contributed by atoms with Gasteiger partial charge in [-0.15, -0.1) is 0 Å². The van der Waals surface area contributed by atoms with Crippen LogP contribution in [0, 0.1) is 0 Å². The molecular formula is C25H31N3O7S. The van der Waals surface area contributed by atoms with Crippen molar-refractivity contribution in [2.24, 2.45) is 0 Å². The van der Waals surface area contributed by atoms with E-state index < -0.39 is 15.9 Å². The van der Waals surface area contributed by atoms with Gasteiger partial charge >= 0.3 is 0 Å². The highest BCUT2D eigenvalue weighted by atomic mass is 32.2. The number of ether oxygens (including phenoxy) is 3. The summed E-state index contributed by atoms with van der Waals surface area (Å²) >= 11 is 0. The maximum Gasteiger partial charge on any atom is 0.223 e. The molecule has 0 bridgehead atoms. The SMILES string of the molecule is C/C=C(/OC(CC)CO)c1ccc(-c2cc(O[C@@H](C)CO)cc(Oc3ccc(S(C)(=O)=O)nc3)n2)[nH]1. The van der Waals surface area contributed by atoms with Gasteiger partial charge in [0.1, 0.15) is 29.5 Å². The number of nitrogens with one attached hydrogen (secondary N) is 1. The fourth-order valence-electron chi connectivity index (χ4n) is 3.18. The van der Waals surface area contributed by atoms with Crippen molar-refractivity contribution < 1.29 is 32.8 Å². The molecular weight excluding hydrogens is 486 g/mol. The Morgan fingerprint density at radius 3 is 2.50 bits per heavy atom. The summed E-state index contributed by atoms with van der Waals surface area (Å²) < 4.78 is 40.8. The van der Waals surface area contributed by atoms with E-state index in [2.05, 4.69) is 15.0 Å². The second-order valence-electron chi connectivity index (χ2n) is 8.11. The van der Waals surface area contributed by atoms with Crippen molar-refractivity contribution in [1.82, 2.24) is 15.0 Å². The first-order chi connectivity index (χ1) is 17.2. The number of hydrogen-bond donors (Lipinski definition) is 3. The van der Waals surface area contributed by atoms with Crippen molar-refractivity contribution in [3.8, 4) is 28.8 Å². The van der Waals surface area contributed by atoms with Gasteiger partial charge in [-0.2, -0.15) is 0 Å². The second-order valence-corrected chi connectivity index (χ2v) is 10.1. The zero-order valence-electron chi connectivity index (χ0n) is 20.6. The first-order valence-corrected chi connectivity index (χ1v) is 13.3. The van der Waals surface area contributed by atoms with Crippen LogP contribution in [0.1, 0.15) is 32.9 Å². The average Bonchev–Trinajstić information content (AvgIpc) is 3.34. The van der Waals surface area contributed by atoms with Gasteiger partial charge in [0.15, 0.2) is 14.9 Å². The van der Waals surface area contributed by atoms with Crippen LogP contribution < -0.4 is 9.47 Å². The number of H-pyrrole nitrogens is 1. The van der Waals surface area contributed by atoms with Crippen LogP contribution in [-0.2, 0) is 14.6 Å². The minimum atomic E-state index is -3.44. The summed E-state index contributed by atoms with van der Waals surface area (Å²) in [5.41, 5.74) is 1.87. The normalized spacial score (nSPS) is 13.8. The smallest absolute Gasteiger partial charge is 0.223 e. The molecule has 0 saturated carbocycles. The maximum absolute atomic E-state index is 11.7. The number of aromatic nitrogens is 3. The highest BCUT2D eigenvalue weighted by Gasteiger charge is 2.16. The molecule has 3 heterocycles. The van der Waals surface area contributed by atoms with Crippen LogP contribution in [0.5, 0.6) is 17.4 Å². The molecule has 3 aromatic heterocycles. The largest absolute Gasteiger partial charge is 0.488 e. The van der Waals surface area contributed by atoms with Gasteiger partial charge in [-0.3, -0.25) is 0 Å². The predicted molar refractivity (Wildman–Crippen MR) is 135 cm³/mol. The summed E-state index contributed by atoms with van der Waals surface area (Å²) in [6, 6.07) is 9.79. The van der Waals surface area contributed by atoms with Crippen LogP contribution >= 0.6 is 0 Å². The third kappa shape index (κ3) is 7.06. The lowest BCUT2D eigenvalue weighted by Crippen LogP contribution is -2.16. The number of pyridine rings is 2. The Morgan fingerprint density at radius 2 is 1.92 bits per heavy atom. The number of aliphatic hydroxyl groups is 2. The molecule has 0 saturated heterocycles. The molecule has 0 aliphatic carbocycles. The zero-order valence-corrected chi connectivity index (χ0v) is 21.4. The van der Waals surface area contributed by atoms with E-state index in [4.69, 9.17) is 14.2 Å². The van der Waals surface area contributed by atoms with Crippen LogP contribution in [-0.4, -0.2) is 65.3 Å². The first-order valence-electron chi connectivity index (χ1n) is 11.4. The molecule has 10 nitrogen and oxygen atoms in total. The maximum atomic E-state index is 11.7. The molecule has 3 N–H and O–H groups in total. The van der Waals surface area contributed by atoms with E-state index in [1.54, 1.807) is 19.1 Å². The van der Waals surface area contributed by atoms with E-state index >= 15 is 0 Å². The molecule has 0 fully saturated rings. The Bertz CT molecular complexity index is 1280. The minimum Gasteiger partial charge on any atom is -0.488 e. The highest BCUT2D eigenvalue weighted by Crippen LogP contribution is 2.31. The van der Waals surface area contributed by atoms with E-state index in [9.17, 15) is 18.6 Å². The van der Waals surface area contributed by atoms with Crippen LogP contribution in [0.15, 0.2) is 53.7 Å². The Kier molecular flexibility index (Phi) is 9.08. The van der Waals surface area contributed by atoms with E-state index in [0.29, 0.717) is 40.8 Å². The number of aliphatic hydroxyl groups excluding tert-OH is 2. The standard InChI is InChI=1S/C25H31N3O7S/c1-5-17(15-30)34-23(6-2)21-9-8-20(27-21)22-11-19(33-16(3)14-29)12-24(28-22)35-18-7-10-25(26-13-18)36(4,31)32/h6-13,16-17,27,29-30H,5,14-15H2,1-4H3/b23-6+/t16-,17?/m0/s1. The van der Waals surface area contributed by atoms with E-state index in [1.165, 1.54) is 18.3 Å². The monoisotopic (exact) mass is 517 g/mol. The lowest BCUT2D eigenvalue weighted by atomic mass is 10.2. The highest BCUT2D eigenvalue weighted by molar-refractivity contribution is 7.90. The van der Waals surface area contributed by atoms with Gasteiger partial charge < -0.3 is 29.4 Å². The van der Waals surface area contributed by atoms with Gasteiger partial charge in [-0.1, -0.05) is 6.92 Å². The second kappa shape index (κ2) is 12.0. The number of sulfone groups is 1. The van der Waals surface area contributed by atoms with Crippen LogP contribution in [0.2, 0.25) is 0 Å². The summed E-state index contributed by atoms with van der Waals surface area (Å²) in [7, 11) is -3.44. The molecule has 0 spiro atoms. The quantitative estimate of drug-likeness (QED) is 0.307. The Balaban J connectivity index is 1.93. The van der Waals surface area contributed by atoms with E-state index in [1.807, 2.05) is 32.1 Å². The van der Waals surface area contributed by atoms with Crippen LogP contribution in [0.25, 0.3) is 17.1 Å². The molecule has 0 aromatic carbocycles. The zero-order chi connectivity index (χ0) is 26.3. The molecule has 3 rings (SSSR count). The van der Waals surface area contributed by atoms with E-state index in [0.717, 1.165) is 6.26 Å². The summed E-state index contributed by atoms with van der Waals surface area (Å²) in [6.45, 7) is 5.23. The van der Waals surface area contributed by atoms with Crippen molar-refractivity contribution in [2.75, 3.05) is 19.5 Å². The average molecular weight is 518 g/mol. The molecule has 2 atom stereocenters. The summed E-state index contributed by atoms with van der Waals surface area (Å²) in [6.07, 6.45) is 4.07. The predicted octanol–water partition coefficient (Wildman–Crippen LogP) is 3.58. The van der Waals surface area contributed by atoms with Crippen LogP contribution in [0.4, 0.5) is 0 Å². The van der Waals surface area contributed by atoms with Gasteiger partial charge in [-0.05, 0) is 50.6 Å². The van der Waals surface area contributed by atoms with Gasteiger partial charge in [-0.25, -0.2) is 18.4 Å². The molecule has 0 aliphatic rings. The molecule has 0 aliphatic heterocycles. The van der Waals surface area contributed by atoms with Crippen molar-refractivity contribution in [1.29, 1.82) is 0 Å². The molecule has 194 valence electrons. The van der Waals surface area contributed by atoms with Gasteiger partial charge in [0.2, 0.25) is 5.88 Å². The molecule has 0 amide bonds. The van der Waals surface area contributed by atoms with Crippen LogP contribution in [0.3, 0.4) is 0 Å². The van der Waals surface area contributed by atoms with Gasteiger partial charge in [0, 0.05) is 18.4 Å². The third-order valence-corrected chi connectivity index (χ3v) is 6.12. The number of nitrogens with zero attached hydrogens (tertiary/aromatic N) is 2. The minimum absolute atomic E-state index is 0.0650. The molecule has 3 aromatic rings.